The summed E-state index contributed by atoms with van der Waals surface area (Å²) in [6, 6.07) is 14.6. The molecular weight excluding hydrogens is 410 g/mol. The zero-order chi connectivity index (χ0) is 18.8. The molecule has 3 aromatic rings. The molecule has 2 aromatic carbocycles. The van der Waals surface area contributed by atoms with Crippen LogP contribution in [0.5, 0.6) is 0 Å². The zero-order valence-corrected chi connectivity index (χ0v) is 17.1. The molecular formula is C21H18BrNO2S. The van der Waals surface area contributed by atoms with Gasteiger partial charge in [-0.1, -0.05) is 33.6 Å². The van der Waals surface area contributed by atoms with Gasteiger partial charge in [0.2, 0.25) is 0 Å². The number of halogens is 1. The largest absolute Gasteiger partial charge is 0.313 e. The van der Waals surface area contributed by atoms with Crippen LogP contribution in [0.4, 0.5) is 5.00 Å². The van der Waals surface area contributed by atoms with E-state index in [2.05, 4.69) is 21.2 Å². The molecule has 132 valence electrons. The average molecular weight is 428 g/mol. The van der Waals surface area contributed by atoms with E-state index in [0.29, 0.717) is 21.7 Å². The van der Waals surface area contributed by atoms with Crippen LogP contribution in [0.2, 0.25) is 0 Å². The van der Waals surface area contributed by atoms with Crippen LogP contribution in [0, 0.1) is 20.8 Å². The molecule has 1 amide bonds. The Balaban J connectivity index is 1.96. The van der Waals surface area contributed by atoms with Gasteiger partial charge in [0.25, 0.3) is 5.91 Å². The molecule has 0 aliphatic carbocycles. The fourth-order valence-electron chi connectivity index (χ4n) is 2.70. The molecule has 26 heavy (non-hydrogen) atoms. The molecule has 0 radical (unpaired) electrons. The smallest absolute Gasteiger partial charge is 0.256 e. The number of benzene rings is 2. The van der Waals surface area contributed by atoms with Crippen LogP contribution < -0.4 is 5.32 Å². The molecule has 0 fully saturated rings. The van der Waals surface area contributed by atoms with E-state index in [1.54, 1.807) is 18.2 Å². The van der Waals surface area contributed by atoms with E-state index in [4.69, 9.17) is 0 Å². The maximum atomic E-state index is 13.0. The number of carbonyl (C=O) groups excluding carboxylic acids is 2. The van der Waals surface area contributed by atoms with Crippen LogP contribution in [-0.2, 0) is 0 Å². The lowest BCUT2D eigenvalue weighted by Crippen LogP contribution is -2.14. The van der Waals surface area contributed by atoms with Gasteiger partial charge in [-0.05, 0) is 62.7 Å². The van der Waals surface area contributed by atoms with E-state index in [0.717, 1.165) is 20.5 Å². The number of thiophene rings is 1. The third kappa shape index (κ3) is 3.79. The third-order valence-electron chi connectivity index (χ3n) is 4.23. The van der Waals surface area contributed by atoms with Crippen LogP contribution >= 0.6 is 27.3 Å². The highest BCUT2D eigenvalue weighted by Crippen LogP contribution is 2.34. The molecule has 5 heteroatoms. The maximum Gasteiger partial charge on any atom is 0.256 e. The van der Waals surface area contributed by atoms with Crippen molar-refractivity contribution in [1.82, 2.24) is 0 Å². The summed E-state index contributed by atoms with van der Waals surface area (Å²) < 4.78 is 0.917. The van der Waals surface area contributed by atoms with Crippen LogP contribution in [-0.4, -0.2) is 11.7 Å². The van der Waals surface area contributed by atoms with Gasteiger partial charge in [-0.3, -0.25) is 9.59 Å². The van der Waals surface area contributed by atoms with Gasteiger partial charge in [-0.2, -0.15) is 0 Å². The summed E-state index contributed by atoms with van der Waals surface area (Å²) >= 11 is 4.81. The van der Waals surface area contributed by atoms with Crippen molar-refractivity contribution in [1.29, 1.82) is 0 Å². The summed E-state index contributed by atoms with van der Waals surface area (Å²) in [5, 5.41) is 3.52. The summed E-state index contributed by atoms with van der Waals surface area (Å²) in [6.45, 7) is 5.82. The molecule has 1 N–H and O–H groups in total. The molecule has 3 nitrogen and oxygen atoms in total. The Kier molecular flexibility index (Phi) is 5.39. The Morgan fingerprint density at radius 1 is 0.962 bits per heavy atom. The standard InChI is InChI=1S/C21H18BrNO2S/c1-12-5-4-6-16(11-12)20(25)23-21-18(13(2)14(3)26-21)19(24)15-7-9-17(22)10-8-15/h4-11H,1-3H3,(H,23,25). The number of ketones is 1. The fourth-order valence-corrected chi connectivity index (χ4v) is 4.01. The van der Waals surface area contributed by atoms with Crippen molar-refractivity contribution in [3.05, 3.63) is 85.7 Å². The first kappa shape index (κ1) is 18.5. The Morgan fingerprint density at radius 3 is 2.31 bits per heavy atom. The average Bonchev–Trinajstić information content (AvgIpc) is 2.89. The van der Waals surface area contributed by atoms with E-state index in [9.17, 15) is 9.59 Å². The summed E-state index contributed by atoms with van der Waals surface area (Å²) in [7, 11) is 0. The van der Waals surface area contributed by atoms with Gasteiger partial charge in [0, 0.05) is 20.5 Å². The van der Waals surface area contributed by atoms with Gasteiger partial charge in [-0.15, -0.1) is 11.3 Å². The third-order valence-corrected chi connectivity index (χ3v) is 5.88. The Hall–Kier alpha value is -2.24. The Morgan fingerprint density at radius 2 is 1.65 bits per heavy atom. The van der Waals surface area contributed by atoms with Crippen molar-refractivity contribution in [2.24, 2.45) is 0 Å². The lowest BCUT2D eigenvalue weighted by Gasteiger charge is -2.08. The fraction of sp³-hybridized carbons (Fsp3) is 0.143. The first-order chi connectivity index (χ1) is 12.4. The minimum absolute atomic E-state index is 0.0844. The van der Waals surface area contributed by atoms with Crippen LogP contribution in [0.15, 0.2) is 53.0 Å². The van der Waals surface area contributed by atoms with Gasteiger partial charge < -0.3 is 5.32 Å². The molecule has 1 heterocycles. The SMILES string of the molecule is Cc1cccc(C(=O)Nc2sc(C)c(C)c2C(=O)c2ccc(Br)cc2)c1. The van der Waals surface area contributed by atoms with Gasteiger partial charge in [0.05, 0.1) is 5.56 Å². The van der Waals surface area contributed by atoms with Crippen molar-refractivity contribution in [3.63, 3.8) is 0 Å². The van der Waals surface area contributed by atoms with Crippen molar-refractivity contribution >= 4 is 44.0 Å². The Labute approximate surface area is 165 Å². The summed E-state index contributed by atoms with van der Waals surface area (Å²) in [4.78, 5) is 26.7. The molecule has 0 aliphatic rings. The lowest BCUT2D eigenvalue weighted by atomic mass is 10.0. The second kappa shape index (κ2) is 7.56. The van der Waals surface area contributed by atoms with Crippen LogP contribution in [0.25, 0.3) is 0 Å². The van der Waals surface area contributed by atoms with E-state index >= 15 is 0 Å². The number of carbonyl (C=O) groups is 2. The second-order valence-electron chi connectivity index (χ2n) is 6.15. The molecule has 0 atom stereocenters. The molecule has 0 unspecified atom stereocenters. The second-order valence-corrected chi connectivity index (χ2v) is 8.29. The molecule has 0 aliphatic heterocycles. The number of aryl methyl sites for hydroxylation is 2. The lowest BCUT2D eigenvalue weighted by molar-refractivity contribution is 0.102. The van der Waals surface area contributed by atoms with Crippen molar-refractivity contribution in [2.45, 2.75) is 20.8 Å². The highest BCUT2D eigenvalue weighted by molar-refractivity contribution is 9.10. The molecule has 1 aromatic heterocycles. The molecule has 0 spiro atoms. The number of nitrogens with one attached hydrogen (secondary N) is 1. The van der Waals surface area contributed by atoms with Crippen molar-refractivity contribution < 1.29 is 9.59 Å². The minimum Gasteiger partial charge on any atom is -0.313 e. The molecule has 3 rings (SSSR count). The number of anilines is 1. The highest BCUT2D eigenvalue weighted by Gasteiger charge is 2.22. The van der Waals surface area contributed by atoms with Gasteiger partial charge >= 0.3 is 0 Å². The van der Waals surface area contributed by atoms with Crippen LogP contribution in [0.3, 0.4) is 0 Å². The summed E-state index contributed by atoms with van der Waals surface area (Å²) in [5.41, 5.74) is 3.66. The number of amides is 1. The predicted octanol–water partition coefficient (Wildman–Crippen LogP) is 5.92. The number of hydrogen-bond acceptors (Lipinski definition) is 3. The van der Waals surface area contributed by atoms with Crippen molar-refractivity contribution in [2.75, 3.05) is 5.32 Å². The van der Waals surface area contributed by atoms with Gasteiger partial charge in [-0.25, -0.2) is 0 Å². The quantitative estimate of drug-likeness (QED) is 0.525. The minimum atomic E-state index is -0.209. The number of hydrogen-bond donors (Lipinski definition) is 1. The summed E-state index contributed by atoms with van der Waals surface area (Å²) in [6.07, 6.45) is 0. The Bertz CT molecular complexity index is 990. The maximum absolute atomic E-state index is 13.0. The van der Waals surface area contributed by atoms with E-state index in [-0.39, 0.29) is 11.7 Å². The van der Waals surface area contributed by atoms with E-state index in [1.165, 1.54) is 11.3 Å². The first-order valence-electron chi connectivity index (χ1n) is 8.15. The number of rotatable bonds is 4. The normalized spacial score (nSPS) is 10.6. The predicted molar refractivity (Wildman–Crippen MR) is 110 cm³/mol. The van der Waals surface area contributed by atoms with Crippen LogP contribution in [0.1, 0.15) is 42.3 Å². The topological polar surface area (TPSA) is 46.2 Å². The van der Waals surface area contributed by atoms with E-state index < -0.39 is 0 Å². The van der Waals surface area contributed by atoms with E-state index in [1.807, 2.05) is 51.1 Å². The van der Waals surface area contributed by atoms with Crippen molar-refractivity contribution in [3.8, 4) is 0 Å². The molecule has 0 saturated carbocycles. The molecule has 0 bridgehead atoms. The molecule has 0 saturated heterocycles. The monoisotopic (exact) mass is 427 g/mol. The summed E-state index contributed by atoms with van der Waals surface area (Å²) in [5.74, 6) is -0.293. The first-order valence-corrected chi connectivity index (χ1v) is 9.76. The zero-order valence-electron chi connectivity index (χ0n) is 14.7. The van der Waals surface area contributed by atoms with Gasteiger partial charge in [0.1, 0.15) is 5.00 Å². The van der Waals surface area contributed by atoms with Gasteiger partial charge in [0.15, 0.2) is 5.78 Å². The highest BCUT2D eigenvalue weighted by atomic mass is 79.9.